The molecule has 0 radical (unpaired) electrons. The average molecular weight is 416 g/mol. The third-order valence-electron chi connectivity index (χ3n) is 7.06. The zero-order valence-electron chi connectivity index (χ0n) is 16.3. The lowest BCUT2D eigenvalue weighted by molar-refractivity contribution is -0.147. The van der Waals surface area contributed by atoms with E-state index in [-0.39, 0.29) is 29.7 Å². The summed E-state index contributed by atoms with van der Waals surface area (Å²) < 4.78 is 12.6. The first-order valence-electron chi connectivity index (χ1n) is 9.98. The first kappa shape index (κ1) is 18.9. The van der Waals surface area contributed by atoms with Crippen LogP contribution in [0.25, 0.3) is 0 Å². The van der Waals surface area contributed by atoms with Crippen molar-refractivity contribution >= 4 is 29.1 Å². The van der Waals surface area contributed by atoms with Crippen LogP contribution in [-0.4, -0.2) is 41.9 Å². The highest BCUT2D eigenvalue weighted by molar-refractivity contribution is 6.32. The first-order valence-corrected chi connectivity index (χ1v) is 10.4. The predicted molar refractivity (Wildman–Crippen MR) is 104 cm³/mol. The Bertz CT molecular complexity index is 962. The minimum absolute atomic E-state index is 0.0104. The molecular weight excluding hydrogens is 394 g/mol. The minimum atomic E-state index is -0.648. The Morgan fingerprint density at radius 2 is 2.28 bits per heavy atom. The number of halogens is 1. The fourth-order valence-electron chi connectivity index (χ4n) is 5.93. The van der Waals surface area contributed by atoms with Gasteiger partial charge in [0.25, 0.3) is 0 Å². The smallest absolute Gasteiger partial charge is 0.235 e. The molecule has 1 N–H and O–H groups in total. The van der Waals surface area contributed by atoms with Crippen LogP contribution in [0.1, 0.15) is 38.7 Å². The van der Waals surface area contributed by atoms with Gasteiger partial charge in [-0.1, -0.05) is 18.5 Å². The highest BCUT2D eigenvalue weighted by atomic mass is 35.5. The summed E-state index contributed by atoms with van der Waals surface area (Å²) in [7, 11) is 0. The van der Waals surface area contributed by atoms with Gasteiger partial charge in [0.2, 0.25) is 11.8 Å². The van der Waals surface area contributed by atoms with E-state index in [1.54, 1.807) is 23.1 Å². The molecule has 4 saturated heterocycles. The second-order valence-corrected chi connectivity index (χ2v) is 8.95. The number of ether oxygens (including phenoxy) is 2. The molecule has 2 amide bonds. The number of nitrogens with one attached hydrogen (secondary N) is 1. The van der Waals surface area contributed by atoms with Crippen LogP contribution in [-0.2, 0) is 19.1 Å². The van der Waals surface area contributed by atoms with Crippen molar-refractivity contribution in [1.29, 1.82) is 5.26 Å². The number of carbonyl (C=O) groups excluding carboxylic acids is 2. The molecule has 0 aliphatic carbocycles. The molecule has 6 atom stereocenters. The van der Waals surface area contributed by atoms with Gasteiger partial charge in [0.15, 0.2) is 0 Å². The summed E-state index contributed by atoms with van der Waals surface area (Å²) in [6.45, 7) is 4.24. The van der Waals surface area contributed by atoms with E-state index in [9.17, 15) is 9.59 Å². The number of nitrogens with zero attached hydrogens (tertiary/aromatic N) is 2. The van der Waals surface area contributed by atoms with E-state index in [0.717, 1.165) is 0 Å². The molecule has 2 bridgehead atoms. The Morgan fingerprint density at radius 1 is 1.48 bits per heavy atom. The van der Waals surface area contributed by atoms with Crippen LogP contribution in [0.5, 0.6) is 0 Å². The van der Waals surface area contributed by atoms with Gasteiger partial charge >= 0.3 is 0 Å². The van der Waals surface area contributed by atoms with Crippen molar-refractivity contribution in [3.05, 3.63) is 28.8 Å². The number of hydrogen-bond donors (Lipinski definition) is 1. The number of hydrogen-bond acceptors (Lipinski definition) is 5. The number of rotatable bonds is 3. The molecule has 0 aromatic heterocycles. The lowest BCUT2D eigenvalue weighted by Gasteiger charge is -2.45. The summed E-state index contributed by atoms with van der Waals surface area (Å²) in [6, 6.07) is 6.90. The van der Waals surface area contributed by atoms with Gasteiger partial charge in [-0.2, -0.15) is 5.26 Å². The Kier molecular flexibility index (Phi) is 4.02. The zero-order valence-corrected chi connectivity index (χ0v) is 17.0. The van der Waals surface area contributed by atoms with Crippen LogP contribution >= 0.6 is 11.6 Å². The SMILES string of the molecule is CCC(=O)N[C@@H]1C[C@@]2(C)O[C@@]13CCO[C@H]1[C@@H]3[C@@H]2C(=O)N1c1ccc(C#N)c(Cl)c1. The Labute approximate surface area is 173 Å². The van der Waals surface area contributed by atoms with Gasteiger partial charge in [-0.25, -0.2) is 0 Å². The van der Waals surface area contributed by atoms with Crippen molar-refractivity contribution in [1.82, 2.24) is 5.32 Å². The molecule has 4 fully saturated rings. The number of carbonyl (C=O) groups is 2. The van der Waals surface area contributed by atoms with Gasteiger partial charge in [-0.15, -0.1) is 0 Å². The van der Waals surface area contributed by atoms with Crippen LogP contribution in [0.2, 0.25) is 5.02 Å². The van der Waals surface area contributed by atoms with E-state index in [1.165, 1.54) is 0 Å². The Balaban J connectivity index is 1.56. The Hall–Kier alpha value is -2.14. The maximum atomic E-state index is 13.5. The maximum Gasteiger partial charge on any atom is 0.235 e. The molecule has 4 aliphatic rings. The quantitative estimate of drug-likeness (QED) is 0.818. The summed E-state index contributed by atoms with van der Waals surface area (Å²) in [5, 5.41) is 12.6. The van der Waals surface area contributed by atoms with Gasteiger partial charge in [-0.05, 0) is 31.5 Å². The van der Waals surface area contributed by atoms with Gasteiger partial charge in [0, 0.05) is 18.5 Å². The van der Waals surface area contributed by atoms with E-state index in [2.05, 4.69) is 5.32 Å². The fourth-order valence-corrected chi connectivity index (χ4v) is 6.15. The van der Waals surface area contributed by atoms with E-state index in [1.807, 2.05) is 19.9 Å². The predicted octanol–water partition coefficient (Wildman–Crippen LogP) is 2.36. The van der Waals surface area contributed by atoms with E-state index in [0.29, 0.717) is 42.1 Å². The average Bonchev–Trinajstić information content (AvgIpc) is 3.25. The normalized spacial score (nSPS) is 39.4. The van der Waals surface area contributed by atoms with Crippen LogP contribution in [0.3, 0.4) is 0 Å². The van der Waals surface area contributed by atoms with Gasteiger partial charge in [-0.3, -0.25) is 14.5 Å². The fraction of sp³-hybridized carbons (Fsp3) is 0.571. The second kappa shape index (κ2) is 6.18. The monoisotopic (exact) mass is 415 g/mol. The molecule has 7 nitrogen and oxygen atoms in total. The number of nitriles is 1. The summed E-state index contributed by atoms with van der Waals surface area (Å²) in [5.74, 6) is -0.563. The van der Waals surface area contributed by atoms with Crippen molar-refractivity contribution in [3.63, 3.8) is 0 Å². The van der Waals surface area contributed by atoms with Crippen molar-refractivity contribution in [2.45, 2.75) is 56.6 Å². The lowest BCUT2D eigenvalue weighted by Crippen LogP contribution is -2.61. The zero-order chi connectivity index (χ0) is 20.6. The Morgan fingerprint density at radius 3 is 2.97 bits per heavy atom. The minimum Gasteiger partial charge on any atom is -0.365 e. The molecule has 152 valence electrons. The molecule has 4 heterocycles. The van der Waals surface area contributed by atoms with Crippen molar-refractivity contribution in [2.75, 3.05) is 11.5 Å². The molecular formula is C21H22ClN3O4. The van der Waals surface area contributed by atoms with Crippen molar-refractivity contribution in [3.8, 4) is 6.07 Å². The molecule has 0 unspecified atom stereocenters. The third-order valence-corrected chi connectivity index (χ3v) is 7.37. The summed E-state index contributed by atoms with van der Waals surface area (Å²) in [5.41, 5.74) is -0.271. The molecule has 4 aliphatic heterocycles. The number of anilines is 1. The van der Waals surface area contributed by atoms with Gasteiger partial charge < -0.3 is 14.8 Å². The van der Waals surface area contributed by atoms with Crippen molar-refractivity contribution < 1.29 is 19.1 Å². The number of benzene rings is 1. The second-order valence-electron chi connectivity index (χ2n) is 8.55. The maximum absolute atomic E-state index is 13.5. The van der Waals surface area contributed by atoms with Crippen LogP contribution in [0.4, 0.5) is 5.69 Å². The molecule has 1 aromatic carbocycles. The molecule has 5 rings (SSSR count). The largest absolute Gasteiger partial charge is 0.365 e. The highest BCUT2D eigenvalue weighted by Gasteiger charge is 2.78. The molecule has 8 heteroatoms. The van der Waals surface area contributed by atoms with E-state index < -0.39 is 17.4 Å². The topological polar surface area (TPSA) is 91.7 Å². The van der Waals surface area contributed by atoms with Crippen LogP contribution in [0, 0.1) is 23.2 Å². The van der Waals surface area contributed by atoms with Crippen molar-refractivity contribution in [2.24, 2.45) is 11.8 Å². The van der Waals surface area contributed by atoms with Crippen LogP contribution < -0.4 is 10.2 Å². The molecule has 1 spiro atoms. The van der Waals surface area contributed by atoms with Gasteiger partial charge in [0.1, 0.15) is 12.3 Å². The molecule has 1 aromatic rings. The lowest BCUT2D eigenvalue weighted by atomic mass is 9.64. The molecule has 0 saturated carbocycles. The molecule has 29 heavy (non-hydrogen) atoms. The third kappa shape index (κ3) is 2.37. The number of fused-ring (bicyclic) bond motifs is 2. The number of amides is 2. The highest BCUT2D eigenvalue weighted by Crippen LogP contribution is 2.65. The van der Waals surface area contributed by atoms with Crippen LogP contribution in [0.15, 0.2) is 18.2 Å². The first-order chi connectivity index (χ1) is 13.8. The summed E-state index contributed by atoms with van der Waals surface area (Å²) >= 11 is 6.23. The van der Waals surface area contributed by atoms with E-state index in [4.69, 9.17) is 26.3 Å². The standard InChI is InChI=1S/C21H22ClN3O4/c1-3-15(26)24-14-9-20(2)16-17-19(28-7-6-21(14,17)29-20)25(18(16)27)12-5-4-11(10-23)13(22)8-12/h4-5,8,14,16-17,19H,3,6-7,9H2,1-2H3,(H,24,26)/t14-,16-,17+,19+,20-,21+/m1/s1. The summed E-state index contributed by atoms with van der Waals surface area (Å²) in [4.78, 5) is 27.3. The van der Waals surface area contributed by atoms with Gasteiger partial charge in [0.05, 0.1) is 46.3 Å². The summed E-state index contributed by atoms with van der Waals surface area (Å²) in [6.07, 6.45) is 1.18. The van der Waals surface area contributed by atoms with E-state index >= 15 is 0 Å².